The molecule has 0 fully saturated rings. The van der Waals surface area contributed by atoms with Gasteiger partial charge in [-0.25, -0.2) is 4.39 Å². The summed E-state index contributed by atoms with van der Waals surface area (Å²) < 4.78 is 13.1. The van der Waals surface area contributed by atoms with Crippen LogP contribution in [0.25, 0.3) is 0 Å². The number of alkyl halides is 1. The van der Waals surface area contributed by atoms with Crippen molar-refractivity contribution >= 4 is 38.9 Å². The molecule has 0 N–H and O–H groups in total. The van der Waals surface area contributed by atoms with E-state index < -0.39 is 0 Å². The normalized spacial score (nSPS) is 12.7. The van der Waals surface area contributed by atoms with Gasteiger partial charge in [-0.15, -0.1) is 11.3 Å². The molecule has 90 valence electrons. The van der Waals surface area contributed by atoms with Gasteiger partial charge in [0.1, 0.15) is 5.82 Å². The van der Waals surface area contributed by atoms with Gasteiger partial charge in [-0.1, -0.05) is 40.5 Å². The predicted molar refractivity (Wildman–Crippen MR) is 75.9 cm³/mol. The zero-order valence-corrected chi connectivity index (χ0v) is 12.4. The maximum absolute atomic E-state index is 13.1. The molecule has 0 saturated heterocycles. The van der Waals surface area contributed by atoms with Gasteiger partial charge in [0.05, 0.1) is 9.85 Å². The Balaban J connectivity index is 2.29. The molecule has 0 spiro atoms. The number of hydrogen-bond acceptors (Lipinski definition) is 1. The van der Waals surface area contributed by atoms with Crippen LogP contribution in [-0.4, -0.2) is 0 Å². The van der Waals surface area contributed by atoms with Crippen molar-refractivity contribution in [1.82, 2.24) is 0 Å². The first-order valence-electron chi connectivity index (χ1n) is 5.29. The highest BCUT2D eigenvalue weighted by Crippen LogP contribution is 2.36. The van der Waals surface area contributed by atoms with Gasteiger partial charge in [0.15, 0.2) is 0 Å². The molecule has 0 amide bonds. The Morgan fingerprint density at radius 2 is 2.12 bits per heavy atom. The third-order valence-corrected chi connectivity index (χ3v) is 5.43. The Kier molecular flexibility index (Phi) is 4.23. The lowest BCUT2D eigenvalue weighted by atomic mass is 10.1. The van der Waals surface area contributed by atoms with Gasteiger partial charge in [-0.3, -0.25) is 0 Å². The minimum atomic E-state index is -0.379. The lowest BCUT2D eigenvalue weighted by Gasteiger charge is -2.08. The summed E-state index contributed by atoms with van der Waals surface area (Å²) >= 11 is 11.2. The van der Waals surface area contributed by atoms with E-state index in [1.165, 1.54) is 15.8 Å². The molecule has 1 aromatic carbocycles. The average molecular weight is 334 g/mol. The number of thiophene rings is 1. The third-order valence-electron chi connectivity index (χ3n) is 2.52. The second-order valence-electron chi connectivity index (χ2n) is 3.69. The molecular weight excluding hydrogens is 323 g/mol. The fourth-order valence-corrected chi connectivity index (χ4v) is 3.42. The van der Waals surface area contributed by atoms with Crippen LogP contribution in [0.2, 0.25) is 5.02 Å². The number of halogens is 3. The van der Waals surface area contributed by atoms with Crippen molar-refractivity contribution < 1.29 is 4.39 Å². The van der Waals surface area contributed by atoms with E-state index in [1.807, 2.05) is 0 Å². The molecule has 0 radical (unpaired) electrons. The topological polar surface area (TPSA) is 0 Å². The summed E-state index contributed by atoms with van der Waals surface area (Å²) in [6, 6.07) is 9.05. The first-order chi connectivity index (χ1) is 8.11. The average Bonchev–Trinajstić information content (AvgIpc) is 2.80. The van der Waals surface area contributed by atoms with Crippen molar-refractivity contribution in [3.05, 3.63) is 56.5 Å². The van der Waals surface area contributed by atoms with E-state index in [1.54, 1.807) is 23.5 Å². The number of hydrogen-bond donors (Lipinski definition) is 0. The molecule has 2 aromatic rings. The van der Waals surface area contributed by atoms with Gasteiger partial charge >= 0.3 is 0 Å². The summed E-state index contributed by atoms with van der Waals surface area (Å²) in [5.41, 5.74) is 0.973. The Hall–Kier alpha value is -0.380. The first-order valence-corrected chi connectivity index (χ1v) is 7.40. The lowest BCUT2D eigenvalue weighted by molar-refractivity contribution is 0.627. The standard InChI is InChI=1S/C13H11BrClFS/c1-2-9-4-6-12(17-9)13(14)8-3-5-11(16)10(15)7-8/h3-7,13H,2H2,1H3. The number of aryl methyl sites for hydroxylation is 1. The molecule has 1 atom stereocenters. The van der Waals surface area contributed by atoms with E-state index in [0.29, 0.717) is 0 Å². The maximum Gasteiger partial charge on any atom is 0.141 e. The van der Waals surface area contributed by atoms with Crippen LogP contribution in [-0.2, 0) is 6.42 Å². The Morgan fingerprint density at radius 3 is 2.71 bits per heavy atom. The summed E-state index contributed by atoms with van der Waals surface area (Å²) in [5.74, 6) is -0.379. The fourth-order valence-electron chi connectivity index (χ4n) is 1.56. The van der Waals surface area contributed by atoms with E-state index in [4.69, 9.17) is 11.6 Å². The SMILES string of the molecule is CCc1ccc(C(Br)c2ccc(F)c(Cl)c2)s1. The van der Waals surface area contributed by atoms with Crippen molar-refractivity contribution in [2.24, 2.45) is 0 Å². The second-order valence-corrected chi connectivity index (χ2v) is 6.22. The zero-order chi connectivity index (χ0) is 12.4. The molecule has 0 aliphatic carbocycles. The van der Waals surface area contributed by atoms with Gasteiger partial charge in [-0.2, -0.15) is 0 Å². The predicted octanol–water partition coefficient (Wildman–Crippen LogP) is 5.59. The minimum Gasteiger partial charge on any atom is -0.205 e. The van der Waals surface area contributed by atoms with Crippen LogP contribution >= 0.6 is 38.9 Å². The smallest absolute Gasteiger partial charge is 0.141 e. The van der Waals surface area contributed by atoms with Crippen molar-refractivity contribution in [3.8, 4) is 0 Å². The van der Waals surface area contributed by atoms with E-state index >= 15 is 0 Å². The molecule has 0 aliphatic rings. The van der Waals surface area contributed by atoms with Gasteiger partial charge in [0.25, 0.3) is 0 Å². The van der Waals surface area contributed by atoms with E-state index in [-0.39, 0.29) is 15.7 Å². The molecule has 0 saturated carbocycles. The van der Waals surface area contributed by atoms with Gasteiger partial charge in [0.2, 0.25) is 0 Å². The summed E-state index contributed by atoms with van der Waals surface area (Å²) in [7, 11) is 0. The summed E-state index contributed by atoms with van der Waals surface area (Å²) in [5, 5.41) is 0.166. The van der Waals surface area contributed by atoms with Crippen LogP contribution < -0.4 is 0 Å². The van der Waals surface area contributed by atoms with E-state index in [2.05, 4.69) is 35.0 Å². The van der Waals surface area contributed by atoms with Crippen LogP contribution in [0.3, 0.4) is 0 Å². The van der Waals surface area contributed by atoms with Crippen LogP contribution in [0.1, 0.15) is 27.1 Å². The molecule has 0 bridgehead atoms. The number of benzene rings is 1. The number of rotatable bonds is 3. The quantitative estimate of drug-likeness (QED) is 0.643. The lowest BCUT2D eigenvalue weighted by Crippen LogP contribution is -1.90. The molecule has 0 nitrogen and oxygen atoms in total. The highest BCUT2D eigenvalue weighted by Gasteiger charge is 2.14. The van der Waals surface area contributed by atoms with Crippen molar-refractivity contribution in [2.75, 3.05) is 0 Å². The molecule has 4 heteroatoms. The minimum absolute atomic E-state index is 0.0749. The van der Waals surface area contributed by atoms with Crippen LogP contribution in [0.5, 0.6) is 0 Å². The summed E-state index contributed by atoms with van der Waals surface area (Å²) in [4.78, 5) is 2.63. The monoisotopic (exact) mass is 332 g/mol. The van der Waals surface area contributed by atoms with Gasteiger partial charge in [0, 0.05) is 9.75 Å². The van der Waals surface area contributed by atoms with Crippen LogP contribution in [0.15, 0.2) is 30.3 Å². The Labute approximate surface area is 118 Å². The van der Waals surface area contributed by atoms with Crippen molar-refractivity contribution in [3.63, 3.8) is 0 Å². The van der Waals surface area contributed by atoms with E-state index in [9.17, 15) is 4.39 Å². The maximum atomic E-state index is 13.1. The largest absolute Gasteiger partial charge is 0.205 e. The fraction of sp³-hybridized carbons (Fsp3) is 0.231. The summed E-state index contributed by atoms with van der Waals surface area (Å²) in [6.07, 6.45) is 1.04. The third kappa shape index (κ3) is 2.90. The summed E-state index contributed by atoms with van der Waals surface area (Å²) in [6.45, 7) is 2.13. The molecule has 2 rings (SSSR count). The molecule has 1 unspecified atom stereocenters. The second kappa shape index (κ2) is 5.51. The Morgan fingerprint density at radius 1 is 1.35 bits per heavy atom. The van der Waals surface area contributed by atoms with Crippen molar-refractivity contribution in [2.45, 2.75) is 18.2 Å². The van der Waals surface area contributed by atoms with Crippen molar-refractivity contribution in [1.29, 1.82) is 0 Å². The molecule has 0 aliphatic heterocycles. The molecule has 1 heterocycles. The molecular formula is C13H11BrClFS. The highest BCUT2D eigenvalue weighted by molar-refractivity contribution is 9.09. The van der Waals surface area contributed by atoms with Gasteiger partial charge < -0.3 is 0 Å². The van der Waals surface area contributed by atoms with Gasteiger partial charge in [-0.05, 0) is 36.2 Å². The molecule has 17 heavy (non-hydrogen) atoms. The Bertz CT molecular complexity index is 524. The van der Waals surface area contributed by atoms with E-state index in [0.717, 1.165) is 12.0 Å². The first kappa shape index (κ1) is 13.1. The van der Waals surface area contributed by atoms with Crippen LogP contribution in [0, 0.1) is 5.82 Å². The zero-order valence-electron chi connectivity index (χ0n) is 9.21. The molecule has 1 aromatic heterocycles. The van der Waals surface area contributed by atoms with Crippen LogP contribution in [0.4, 0.5) is 4.39 Å². The highest BCUT2D eigenvalue weighted by atomic mass is 79.9.